The lowest BCUT2D eigenvalue weighted by Gasteiger charge is -2.19. The summed E-state index contributed by atoms with van der Waals surface area (Å²) >= 11 is 12.3. The van der Waals surface area contributed by atoms with Crippen molar-refractivity contribution >= 4 is 61.5 Å². The summed E-state index contributed by atoms with van der Waals surface area (Å²) in [6.07, 6.45) is 1.90. The molecule has 2 rings (SSSR count). The number of amides is 2. The van der Waals surface area contributed by atoms with Gasteiger partial charge in [0.15, 0.2) is 0 Å². The number of hydrogen-bond donors (Lipinski definition) is 3. The van der Waals surface area contributed by atoms with Crippen LogP contribution in [0, 0.1) is 5.92 Å². The standard InChI is InChI=1S/C20H20Br2ClN3O3/c1-11(2)7-17(25-19(28)13-3-5-14(23)6-4-13)20(29)26-24-10-12-8-15(21)18(27)16(22)9-12/h3-6,8-11,17,27H,7H2,1-2H3,(H,25,28)(H,26,29). The Bertz CT molecular complexity index is 895. The summed E-state index contributed by atoms with van der Waals surface area (Å²) in [5.41, 5.74) is 3.53. The second kappa shape index (κ2) is 10.8. The van der Waals surface area contributed by atoms with Gasteiger partial charge in [0.2, 0.25) is 0 Å². The number of aromatic hydroxyl groups is 1. The number of nitrogens with zero attached hydrogens (tertiary/aromatic N) is 1. The van der Waals surface area contributed by atoms with Gasteiger partial charge in [-0.05, 0) is 86.2 Å². The lowest BCUT2D eigenvalue weighted by molar-refractivity contribution is -0.123. The second-order valence-corrected chi connectivity index (χ2v) is 8.88. The second-order valence-electron chi connectivity index (χ2n) is 6.73. The Morgan fingerprint density at radius 3 is 2.31 bits per heavy atom. The number of carbonyl (C=O) groups is 2. The van der Waals surface area contributed by atoms with Crippen molar-refractivity contribution in [2.24, 2.45) is 11.0 Å². The highest BCUT2D eigenvalue weighted by atomic mass is 79.9. The molecule has 9 heteroatoms. The Hall–Kier alpha value is -1.90. The van der Waals surface area contributed by atoms with Crippen LogP contribution in [-0.2, 0) is 4.79 Å². The number of phenolic OH excluding ortho intramolecular Hbond substituents is 1. The molecule has 0 fully saturated rings. The van der Waals surface area contributed by atoms with Crippen LogP contribution in [0.3, 0.4) is 0 Å². The first-order chi connectivity index (χ1) is 13.7. The number of carbonyl (C=O) groups excluding carboxylic acids is 2. The molecule has 0 saturated carbocycles. The van der Waals surface area contributed by atoms with Gasteiger partial charge in [-0.25, -0.2) is 5.43 Å². The van der Waals surface area contributed by atoms with Crippen LogP contribution in [-0.4, -0.2) is 29.2 Å². The smallest absolute Gasteiger partial charge is 0.262 e. The molecule has 0 aliphatic heterocycles. The molecule has 0 bridgehead atoms. The van der Waals surface area contributed by atoms with Crippen molar-refractivity contribution < 1.29 is 14.7 Å². The minimum absolute atomic E-state index is 0.0769. The summed E-state index contributed by atoms with van der Waals surface area (Å²) in [5.74, 6) is -0.524. The third kappa shape index (κ3) is 7.13. The summed E-state index contributed by atoms with van der Waals surface area (Å²) < 4.78 is 0.986. The molecule has 0 heterocycles. The predicted octanol–water partition coefficient (Wildman–Crippen LogP) is 4.87. The van der Waals surface area contributed by atoms with Gasteiger partial charge in [-0.1, -0.05) is 25.4 Å². The van der Waals surface area contributed by atoms with E-state index in [9.17, 15) is 14.7 Å². The molecular formula is C20H20Br2ClN3O3. The zero-order valence-corrected chi connectivity index (χ0v) is 19.7. The van der Waals surface area contributed by atoms with Gasteiger partial charge in [-0.3, -0.25) is 9.59 Å². The molecule has 0 aromatic heterocycles. The summed E-state index contributed by atoms with van der Waals surface area (Å²) in [4.78, 5) is 25.0. The molecule has 1 atom stereocenters. The summed E-state index contributed by atoms with van der Waals surface area (Å²) in [6.45, 7) is 3.92. The monoisotopic (exact) mass is 543 g/mol. The molecule has 3 N–H and O–H groups in total. The molecule has 6 nitrogen and oxygen atoms in total. The molecule has 2 aromatic rings. The van der Waals surface area contributed by atoms with Crippen molar-refractivity contribution in [3.05, 3.63) is 61.5 Å². The molecule has 0 saturated heterocycles. The van der Waals surface area contributed by atoms with E-state index in [1.165, 1.54) is 6.21 Å². The molecule has 1 unspecified atom stereocenters. The van der Waals surface area contributed by atoms with Crippen LogP contribution in [0.1, 0.15) is 36.2 Å². The van der Waals surface area contributed by atoms with Crippen LogP contribution in [0.2, 0.25) is 5.02 Å². The van der Waals surface area contributed by atoms with E-state index >= 15 is 0 Å². The van der Waals surface area contributed by atoms with Crippen LogP contribution in [0.15, 0.2) is 50.4 Å². The van der Waals surface area contributed by atoms with Gasteiger partial charge >= 0.3 is 0 Å². The van der Waals surface area contributed by atoms with Crippen LogP contribution in [0.5, 0.6) is 5.75 Å². The average Bonchev–Trinajstić information content (AvgIpc) is 2.65. The van der Waals surface area contributed by atoms with E-state index in [0.717, 1.165) is 0 Å². The van der Waals surface area contributed by atoms with E-state index < -0.39 is 11.9 Å². The van der Waals surface area contributed by atoms with Gasteiger partial charge in [-0.2, -0.15) is 5.10 Å². The van der Waals surface area contributed by atoms with E-state index in [0.29, 0.717) is 31.5 Å². The first-order valence-corrected chi connectivity index (χ1v) is 10.7. The van der Waals surface area contributed by atoms with Gasteiger partial charge in [0.1, 0.15) is 11.8 Å². The van der Waals surface area contributed by atoms with Gasteiger partial charge in [0.05, 0.1) is 15.2 Å². The van der Waals surface area contributed by atoms with Gasteiger partial charge < -0.3 is 10.4 Å². The quantitative estimate of drug-likeness (QED) is 0.343. The van der Waals surface area contributed by atoms with E-state index in [-0.39, 0.29) is 17.6 Å². The maximum Gasteiger partial charge on any atom is 0.262 e. The average molecular weight is 546 g/mol. The number of rotatable bonds is 7. The van der Waals surface area contributed by atoms with Gasteiger partial charge in [-0.15, -0.1) is 0 Å². The van der Waals surface area contributed by atoms with Crippen molar-refractivity contribution in [1.29, 1.82) is 0 Å². The molecule has 0 radical (unpaired) electrons. The minimum atomic E-state index is -0.742. The van der Waals surface area contributed by atoms with Crippen molar-refractivity contribution in [2.75, 3.05) is 0 Å². The highest BCUT2D eigenvalue weighted by molar-refractivity contribution is 9.11. The molecule has 0 spiro atoms. The molecule has 0 aliphatic carbocycles. The molecular weight excluding hydrogens is 525 g/mol. The van der Waals surface area contributed by atoms with Crippen molar-refractivity contribution in [3.8, 4) is 5.75 Å². The molecule has 2 aromatic carbocycles. The summed E-state index contributed by atoms with van der Waals surface area (Å²) in [5, 5.41) is 17.0. The summed E-state index contributed by atoms with van der Waals surface area (Å²) in [6, 6.07) is 9.00. The number of nitrogens with one attached hydrogen (secondary N) is 2. The summed E-state index contributed by atoms with van der Waals surface area (Å²) in [7, 11) is 0. The highest BCUT2D eigenvalue weighted by Gasteiger charge is 2.22. The van der Waals surface area contributed by atoms with Crippen LogP contribution in [0.4, 0.5) is 0 Å². The number of hydrogen-bond acceptors (Lipinski definition) is 4. The lowest BCUT2D eigenvalue weighted by Crippen LogP contribution is -2.46. The predicted molar refractivity (Wildman–Crippen MR) is 121 cm³/mol. The normalized spacial score (nSPS) is 12.2. The maximum absolute atomic E-state index is 12.6. The van der Waals surface area contributed by atoms with Crippen molar-refractivity contribution in [3.63, 3.8) is 0 Å². The molecule has 2 amide bonds. The van der Waals surface area contributed by atoms with Crippen molar-refractivity contribution in [1.82, 2.24) is 10.7 Å². The zero-order chi connectivity index (χ0) is 21.6. The zero-order valence-electron chi connectivity index (χ0n) is 15.7. The molecule has 0 aliphatic rings. The molecule has 29 heavy (non-hydrogen) atoms. The van der Waals surface area contributed by atoms with Crippen LogP contribution in [0.25, 0.3) is 0 Å². The van der Waals surface area contributed by atoms with E-state index in [1.54, 1.807) is 36.4 Å². The fourth-order valence-corrected chi connectivity index (χ4v) is 3.80. The van der Waals surface area contributed by atoms with E-state index in [1.807, 2.05) is 13.8 Å². The Kier molecular flexibility index (Phi) is 8.67. The number of halogens is 3. The largest absolute Gasteiger partial charge is 0.506 e. The van der Waals surface area contributed by atoms with Gasteiger partial charge in [0, 0.05) is 10.6 Å². The first kappa shape index (κ1) is 23.4. The number of phenols is 1. The van der Waals surface area contributed by atoms with Crippen LogP contribution >= 0.6 is 43.5 Å². The first-order valence-electron chi connectivity index (χ1n) is 8.74. The highest BCUT2D eigenvalue weighted by Crippen LogP contribution is 2.32. The Labute approximate surface area is 191 Å². The lowest BCUT2D eigenvalue weighted by atomic mass is 10.0. The third-order valence-corrected chi connectivity index (χ3v) is 5.32. The maximum atomic E-state index is 12.6. The third-order valence-electron chi connectivity index (χ3n) is 3.86. The number of hydrazone groups is 1. The Morgan fingerprint density at radius 2 is 1.76 bits per heavy atom. The van der Waals surface area contributed by atoms with E-state index in [2.05, 4.69) is 47.7 Å². The minimum Gasteiger partial charge on any atom is -0.506 e. The SMILES string of the molecule is CC(C)CC(NC(=O)c1ccc(Cl)cc1)C(=O)NN=Cc1cc(Br)c(O)c(Br)c1. The molecule has 154 valence electrons. The topological polar surface area (TPSA) is 90.8 Å². The Balaban J connectivity index is 2.06. The van der Waals surface area contributed by atoms with Crippen molar-refractivity contribution in [2.45, 2.75) is 26.3 Å². The fraction of sp³-hybridized carbons (Fsp3) is 0.250. The van der Waals surface area contributed by atoms with Gasteiger partial charge in [0.25, 0.3) is 11.8 Å². The number of benzene rings is 2. The van der Waals surface area contributed by atoms with E-state index in [4.69, 9.17) is 11.6 Å². The van der Waals surface area contributed by atoms with Crippen LogP contribution < -0.4 is 10.7 Å². The Morgan fingerprint density at radius 1 is 1.17 bits per heavy atom. The fourth-order valence-electron chi connectivity index (χ4n) is 2.45.